The Kier molecular flexibility index (Phi) is 6.30. The average Bonchev–Trinajstić information content (AvgIpc) is 2.87. The van der Waals surface area contributed by atoms with Crippen LogP contribution in [-0.4, -0.2) is 72.8 Å². The maximum atomic E-state index is 12.7. The second-order valence-electron chi connectivity index (χ2n) is 7.80. The summed E-state index contributed by atoms with van der Waals surface area (Å²) in [5.41, 5.74) is 2.09. The average molecular weight is 357 g/mol. The largest absolute Gasteiger partial charge is 0.343 e. The molecule has 2 heterocycles. The number of likely N-dealkylation sites (N-methyl/N-ethyl adjacent to an activating group) is 1. The van der Waals surface area contributed by atoms with Crippen LogP contribution in [0.15, 0.2) is 24.3 Å². The van der Waals surface area contributed by atoms with E-state index < -0.39 is 0 Å². The van der Waals surface area contributed by atoms with Gasteiger partial charge in [-0.3, -0.25) is 9.59 Å². The van der Waals surface area contributed by atoms with Gasteiger partial charge in [0.1, 0.15) is 0 Å². The van der Waals surface area contributed by atoms with Gasteiger partial charge in [-0.2, -0.15) is 0 Å². The Labute approximate surface area is 156 Å². The van der Waals surface area contributed by atoms with Gasteiger partial charge in [-0.25, -0.2) is 0 Å². The highest BCUT2D eigenvalue weighted by atomic mass is 16.2. The van der Waals surface area contributed by atoms with E-state index in [1.165, 1.54) is 5.56 Å². The Morgan fingerprint density at radius 2 is 1.62 bits per heavy atom. The predicted molar refractivity (Wildman–Crippen MR) is 103 cm³/mol. The molecular formula is C21H31N3O2. The summed E-state index contributed by atoms with van der Waals surface area (Å²) in [7, 11) is 2.11. The molecule has 2 saturated heterocycles. The van der Waals surface area contributed by atoms with Crippen molar-refractivity contribution in [2.45, 2.75) is 32.6 Å². The van der Waals surface area contributed by atoms with Gasteiger partial charge in [-0.15, -0.1) is 0 Å². The fourth-order valence-electron chi connectivity index (χ4n) is 4.00. The normalized spacial score (nSPS) is 20.1. The highest BCUT2D eigenvalue weighted by Crippen LogP contribution is 2.22. The first-order valence-electron chi connectivity index (χ1n) is 9.85. The Morgan fingerprint density at radius 3 is 2.27 bits per heavy atom. The lowest BCUT2D eigenvalue weighted by atomic mass is 9.90. The van der Waals surface area contributed by atoms with E-state index in [9.17, 15) is 9.59 Å². The summed E-state index contributed by atoms with van der Waals surface area (Å²) in [5.74, 6) is 0.973. The SMILES string of the molecule is CC(=O)N1CCC(Cc2ccc(C(=O)N3CCCN(C)CC3)cc2)CC1. The number of hydrogen-bond acceptors (Lipinski definition) is 3. The number of likely N-dealkylation sites (tertiary alicyclic amines) is 1. The molecule has 3 rings (SSSR count). The van der Waals surface area contributed by atoms with Crippen molar-refractivity contribution in [1.82, 2.24) is 14.7 Å². The molecule has 0 atom stereocenters. The second-order valence-corrected chi connectivity index (χ2v) is 7.80. The summed E-state index contributed by atoms with van der Waals surface area (Å²) in [5, 5.41) is 0. The van der Waals surface area contributed by atoms with Crippen LogP contribution in [0.4, 0.5) is 0 Å². The van der Waals surface area contributed by atoms with Gasteiger partial charge in [0.2, 0.25) is 5.91 Å². The lowest BCUT2D eigenvalue weighted by molar-refractivity contribution is -0.130. The molecule has 0 aliphatic carbocycles. The van der Waals surface area contributed by atoms with Crippen LogP contribution in [0.3, 0.4) is 0 Å². The number of amides is 2. The Morgan fingerprint density at radius 1 is 0.923 bits per heavy atom. The zero-order chi connectivity index (χ0) is 18.5. The number of nitrogens with zero attached hydrogens (tertiary/aromatic N) is 3. The van der Waals surface area contributed by atoms with Crippen molar-refractivity contribution in [2.75, 3.05) is 46.3 Å². The molecule has 2 amide bonds. The molecule has 5 heteroatoms. The molecule has 0 unspecified atom stereocenters. The number of carbonyl (C=O) groups is 2. The minimum atomic E-state index is 0.154. The van der Waals surface area contributed by atoms with Gasteiger partial charge in [-0.05, 0) is 62.9 Å². The smallest absolute Gasteiger partial charge is 0.253 e. The van der Waals surface area contributed by atoms with Crippen LogP contribution in [0, 0.1) is 5.92 Å². The van der Waals surface area contributed by atoms with Gasteiger partial charge in [0, 0.05) is 45.2 Å². The molecule has 0 aromatic heterocycles. The van der Waals surface area contributed by atoms with E-state index in [0.717, 1.165) is 70.5 Å². The summed E-state index contributed by atoms with van der Waals surface area (Å²) < 4.78 is 0. The van der Waals surface area contributed by atoms with Gasteiger partial charge >= 0.3 is 0 Å². The quantitative estimate of drug-likeness (QED) is 0.833. The Hall–Kier alpha value is -1.88. The van der Waals surface area contributed by atoms with E-state index >= 15 is 0 Å². The maximum Gasteiger partial charge on any atom is 0.253 e. The standard InChI is InChI=1S/C21H31N3O2/c1-17(25)23-12-8-19(9-13-23)16-18-4-6-20(7-5-18)21(26)24-11-3-10-22(2)14-15-24/h4-7,19H,3,8-16H2,1-2H3. The van der Waals surface area contributed by atoms with Crippen LogP contribution in [0.2, 0.25) is 0 Å². The Balaban J connectivity index is 1.53. The first kappa shape index (κ1) is 18.9. The lowest BCUT2D eigenvalue weighted by Gasteiger charge is -2.31. The van der Waals surface area contributed by atoms with Crippen molar-refractivity contribution >= 4 is 11.8 Å². The number of rotatable bonds is 3. The third-order valence-electron chi connectivity index (χ3n) is 5.79. The van der Waals surface area contributed by atoms with Crippen LogP contribution in [-0.2, 0) is 11.2 Å². The number of carbonyl (C=O) groups excluding carboxylic acids is 2. The molecule has 0 N–H and O–H groups in total. The lowest BCUT2D eigenvalue weighted by Crippen LogP contribution is -2.37. The third-order valence-corrected chi connectivity index (χ3v) is 5.79. The molecule has 0 spiro atoms. The molecule has 2 aliphatic rings. The summed E-state index contributed by atoms with van der Waals surface area (Å²) in [6.45, 7) is 7.07. The molecule has 5 nitrogen and oxygen atoms in total. The summed E-state index contributed by atoms with van der Waals surface area (Å²) in [6, 6.07) is 8.18. The van der Waals surface area contributed by atoms with E-state index in [1.807, 2.05) is 21.9 Å². The zero-order valence-electron chi connectivity index (χ0n) is 16.1. The van der Waals surface area contributed by atoms with Crippen LogP contribution < -0.4 is 0 Å². The number of hydrogen-bond donors (Lipinski definition) is 0. The fraction of sp³-hybridized carbons (Fsp3) is 0.619. The van der Waals surface area contributed by atoms with E-state index in [0.29, 0.717) is 5.92 Å². The molecule has 26 heavy (non-hydrogen) atoms. The molecule has 1 aromatic rings. The number of benzene rings is 1. The van der Waals surface area contributed by atoms with Gasteiger partial charge in [0.15, 0.2) is 0 Å². The molecule has 0 saturated carbocycles. The first-order chi connectivity index (χ1) is 12.5. The van der Waals surface area contributed by atoms with E-state index in [-0.39, 0.29) is 11.8 Å². The van der Waals surface area contributed by atoms with Gasteiger partial charge < -0.3 is 14.7 Å². The van der Waals surface area contributed by atoms with Gasteiger partial charge in [0.05, 0.1) is 0 Å². The van der Waals surface area contributed by atoms with Crippen LogP contribution >= 0.6 is 0 Å². The van der Waals surface area contributed by atoms with Gasteiger partial charge in [-0.1, -0.05) is 12.1 Å². The fourth-order valence-corrected chi connectivity index (χ4v) is 4.00. The highest BCUT2D eigenvalue weighted by Gasteiger charge is 2.22. The van der Waals surface area contributed by atoms with Gasteiger partial charge in [0.25, 0.3) is 5.91 Å². The van der Waals surface area contributed by atoms with Crippen molar-refractivity contribution in [1.29, 1.82) is 0 Å². The molecule has 2 aliphatic heterocycles. The van der Waals surface area contributed by atoms with Crippen LogP contribution in [0.5, 0.6) is 0 Å². The molecular weight excluding hydrogens is 326 g/mol. The van der Waals surface area contributed by atoms with Crippen molar-refractivity contribution in [3.8, 4) is 0 Å². The molecule has 142 valence electrons. The number of piperidine rings is 1. The molecule has 0 bridgehead atoms. The van der Waals surface area contributed by atoms with Crippen LogP contribution in [0.25, 0.3) is 0 Å². The van der Waals surface area contributed by atoms with E-state index in [2.05, 4.69) is 24.1 Å². The maximum absolute atomic E-state index is 12.7. The minimum Gasteiger partial charge on any atom is -0.343 e. The zero-order valence-corrected chi connectivity index (χ0v) is 16.1. The first-order valence-corrected chi connectivity index (χ1v) is 9.85. The molecule has 0 radical (unpaired) electrons. The van der Waals surface area contributed by atoms with E-state index in [4.69, 9.17) is 0 Å². The summed E-state index contributed by atoms with van der Waals surface area (Å²) >= 11 is 0. The topological polar surface area (TPSA) is 43.9 Å². The summed E-state index contributed by atoms with van der Waals surface area (Å²) in [4.78, 5) is 30.4. The van der Waals surface area contributed by atoms with Crippen molar-refractivity contribution in [3.63, 3.8) is 0 Å². The minimum absolute atomic E-state index is 0.154. The monoisotopic (exact) mass is 357 g/mol. The molecule has 2 fully saturated rings. The van der Waals surface area contributed by atoms with Crippen LogP contribution in [0.1, 0.15) is 42.1 Å². The van der Waals surface area contributed by atoms with Crippen molar-refractivity contribution in [3.05, 3.63) is 35.4 Å². The molecule has 1 aromatic carbocycles. The highest BCUT2D eigenvalue weighted by molar-refractivity contribution is 5.94. The second kappa shape index (κ2) is 8.67. The predicted octanol–water partition coefficient (Wildman–Crippen LogP) is 2.27. The van der Waals surface area contributed by atoms with E-state index in [1.54, 1.807) is 6.92 Å². The third kappa shape index (κ3) is 4.85. The van der Waals surface area contributed by atoms with Crippen molar-refractivity contribution in [2.24, 2.45) is 5.92 Å². The summed E-state index contributed by atoms with van der Waals surface area (Å²) in [6.07, 6.45) is 4.22. The van der Waals surface area contributed by atoms with Crippen molar-refractivity contribution < 1.29 is 9.59 Å². The Bertz CT molecular complexity index is 621.